The number of non-ortho nitro benzene ring substituents is 1. The molecule has 0 radical (unpaired) electrons. The number of rotatable bonds is 5. The maximum absolute atomic E-state index is 11.5. The Kier molecular flexibility index (Phi) is 4.14. The summed E-state index contributed by atoms with van der Waals surface area (Å²) in [5, 5.41) is 25.4. The highest BCUT2D eigenvalue weighted by Crippen LogP contribution is 2.38. The van der Waals surface area contributed by atoms with Crippen LogP contribution < -0.4 is 5.32 Å². The Labute approximate surface area is 138 Å². The van der Waals surface area contributed by atoms with Gasteiger partial charge in [-0.25, -0.2) is 4.98 Å². The van der Waals surface area contributed by atoms with Gasteiger partial charge in [-0.05, 0) is 31.0 Å². The molecule has 6 nitrogen and oxygen atoms in total. The lowest BCUT2D eigenvalue weighted by Crippen LogP contribution is -2.14. The van der Waals surface area contributed by atoms with Gasteiger partial charge < -0.3 is 10.4 Å². The highest BCUT2D eigenvalue weighted by Gasteiger charge is 2.21. The van der Waals surface area contributed by atoms with E-state index in [1.54, 1.807) is 19.1 Å². The number of nitrogens with one attached hydrogen (secondary N) is 1. The van der Waals surface area contributed by atoms with Gasteiger partial charge in [0.25, 0.3) is 5.69 Å². The van der Waals surface area contributed by atoms with Crippen LogP contribution in [-0.4, -0.2) is 21.2 Å². The van der Waals surface area contributed by atoms with E-state index in [2.05, 4.69) is 16.9 Å². The standard InChI is InChI=1S/C18H17N3O3/c1-3-6-12-9-10-15(21(23)24)16-17(12)20-14-8-5-4-7-13(14)18(16)19-11(2)22/h3-5,7-11,22H,1,6H2,2H3,(H,19,20). The number of hydrogen-bond donors (Lipinski definition) is 2. The molecular formula is C18H17N3O3. The maximum atomic E-state index is 11.5. The predicted octanol–water partition coefficient (Wildman–Crippen LogP) is 3.77. The van der Waals surface area contributed by atoms with Crippen molar-refractivity contribution in [3.8, 4) is 0 Å². The summed E-state index contributed by atoms with van der Waals surface area (Å²) in [7, 11) is 0. The van der Waals surface area contributed by atoms with Crippen LogP contribution in [-0.2, 0) is 6.42 Å². The largest absolute Gasteiger partial charge is 0.374 e. The predicted molar refractivity (Wildman–Crippen MR) is 95.1 cm³/mol. The molecule has 0 aliphatic rings. The van der Waals surface area contributed by atoms with E-state index in [1.165, 1.54) is 6.07 Å². The minimum Gasteiger partial charge on any atom is -0.374 e. The normalized spacial score (nSPS) is 12.2. The van der Waals surface area contributed by atoms with Gasteiger partial charge in [-0.15, -0.1) is 6.58 Å². The van der Waals surface area contributed by atoms with Gasteiger partial charge in [0.1, 0.15) is 11.6 Å². The molecule has 3 aromatic rings. The molecule has 0 saturated heterocycles. The number of para-hydroxylation sites is 1. The van der Waals surface area contributed by atoms with Crippen LogP contribution in [0.2, 0.25) is 0 Å². The lowest BCUT2D eigenvalue weighted by Gasteiger charge is -2.16. The molecule has 1 aromatic heterocycles. The van der Waals surface area contributed by atoms with Crippen LogP contribution in [0.1, 0.15) is 12.5 Å². The minimum atomic E-state index is -0.860. The minimum absolute atomic E-state index is 0.0424. The van der Waals surface area contributed by atoms with Crippen molar-refractivity contribution in [2.75, 3.05) is 5.32 Å². The molecule has 3 rings (SSSR count). The Morgan fingerprint density at radius 1 is 1.38 bits per heavy atom. The quantitative estimate of drug-likeness (QED) is 0.245. The van der Waals surface area contributed by atoms with Gasteiger partial charge in [-0.3, -0.25) is 10.1 Å². The smallest absolute Gasteiger partial charge is 0.280 e. The van der Waals surface area contributed by atoms with Crippen LogP contribution in [0.3, 0.4) is 0 Å². The van der Waals surface area contributed by atoms with Gasteiger partial charge >= 0.3 is 0 Å². The molecule has 0 fully saturated rings. The number of pyridine rings is 1. The van der Waals surface area contributed by atoms with Crippen molar-refractivity contribution in [3.63, 3.8) is 0 Å². The van der Waals surface area contributed by atoms with Crippen molar-refractivity contribution in [2.24, 2.45) is 0 Å². The molecule has 2 aromatic carbocycles. The highest BCUT2D eigenvalue weighted by molar-refractivity contribution is 6.12. The first-order valence-corrected chi connectivity index (χ1v) is 7.57. The van der Waals surface area contributed by atoms with E-state index in [4.69, 9.17) is 0 Å². The number of hydrogen-bond acceptors (Lipinski definition) is 5. The Bertz CT molecular complexity index is 951. The molecule has 1 atom stereocenters. The van der Waals surface area contributed by atoms with E-state index in [0.29, 0.717) is 28.5 Å². The second-order valence-electron chi connectivity index (χ2n) is 5.54. The van der Waals surface area contributed by atoms with Crippen molar-refractivity contribution in [3.05, 3.63) is 64.7 Å². The third-order valence-electron chi connectivity index (χ3n) is 3.81. The number of benzene rings is 2. The molecule has 0 aliphatic heterocycles. The number of nitro benzene ring substituents is 1. The number of aliphatic hydroxyl groups excluding tert-OH is 1. The highest BCUT2D eigenvalue weighted by atomic mass is 16.6. The monoisotopic (exact) mass is 323 g/mol. The van der Waals surface area contributed by atoms with Crippen LogP contribution in [0.25, 0.3) is 21.8 Å². The van der Waals surface area contributed by atoms with E-state index in [-0.39, 0.29) is 5.69 Å². The van der Waals surface area contributed by atoms with E-state index in [0.717, 1.165) is 10.9 Å². The number of anilines is 1. The average molecular weight is 323 g/mol. The Morgan fingerprint density at radius 2 is 2.12 bits per heavy atom. The fourth-order valence-corrected chi connectivity index (χ4v) is 2.87. The number of nitrogens with zero attached hydrogens (tertiary/aromatic N) is 2. The fourth-order valence-electron chi connectivity index (χ4n) is 2.87. The van der Waals surface area contributed by atoms with Crippen LogP contribution in [0, 0.1) is 10.1 Å². The van der Waals surface area contributed by atoms with Crippen molar-refractivity contribution in [1.29, 1.82) is 0 Å². The van der Waals surface area contributed by atoms with Crippen LogP contribution >= 0.6 is 0 Å². The molecule has 0 saturated carbocycles. The molecule has 1 unspecified atom stereocenters. The number of allylic oxidation sites excluding steroid dienone is 1. The average Bonchev–Trinajstić information content (AvgIpc) is 2.54. The molecule has 1 heterocycles. The van der Waals surface area contributed by atoms with Crippen LogP contribution in [0.4, 0.5) is 11.4 Å². The van der Waals surface area contributed by atoms with E-state index < -0.39 is 11.2 Å². The van der Waals surface area contributed by atoms with Gasteiger partial charge in [-0.1, -0.05) is 24.3 Å². The molecule has 122 valence electrons. The first kappa shape index (κ1) is 15.9. The van der Waals surface area contributed by atoms with Crippen LogP contribution in [0.15, 0.2) is 49.1 Å². The molecule has 0 amide bonds. The second kappa shape index (κ2) is 6.25. The lowest BCUT2D eigenvalue weighted by molar-refractivity contribution is -0.383. The van der Waals surface area contributed by atoms with Gasteiger partial charge in [0.2, 0.25) is 0 Å². The summed E-state index contributed by atoms with van der Waals surface area (Å²) in [4.78, 5) is 15.7. The molecule has 0 spiro atoms. The SMILES string of the molecule is C=CCc1ccc([N+](=O)[O-])c2c(NC(C)O)c3ccccc3nc12. The second-order valence-corrected chi connectivity index (χ2v) is 5.54. The first-order valence-electron chi connectivity index (χ1n) is 7.57. The molecule has 0 aliphatic carbocycles. The summed E-state index contributed by atoms with van der Waals surface area (Å²) < 4.78 is 0. The van der Waals surface area contributed by atoms with Gasteiger partial charge in [0.15, 0.2) is 0 Å². The fraction of sp³-hybridized carbons (Fsp3) is 0.167. The summed E-state index contributed by atoms with van der Waals surface area (Å²) in [6.45, 7) is 5.31. The Hall–Kier alpha value is -2.99. The summed E-state index contributed by atoms with van der Waals surface area (Å²) >= 11 is 0. The zero-order valence-electron chi connectivity index (χ0n) is 13.2. The Balaban J connectivity index is 2.52. The third-order valence-corrected chi connectivity index (χ3v) is 3.81. The summed E-state index contributed by atoms with van der Waals surface area (Å²) in [5.74, 6) is 0. The zero-order valence-corrected chi connectivity index (χ0v) is 13.2. The summed E-state index contributed by atoms with van der Waals surface area (Å²) in [6.07, 6.45) is 1.43. The topological polar surface area (TPSA) is 88.3 Å². The lowest BCUT2D eigenvalue weighted by atomic mass is 10.0. The van der Waals surface area contributed by atoms with E-state index in [9.17, 15) is 15.2 Å². The molecule has 0 bridgehead atoms. The summed E-state index contributed by atoms with van der Waals surface area (Å²) in [6, 6.07) is 10.6. The number of fused-ring (bicyclic) bond motifs is 2. The number of nitro groups is 1. The van der Waals surface area contributed by atoms with Crippen molar-refractivity contribution in [1.82, 2.24) is 4.98 Å². The van der Waals surface area contributed by atoms with Gasteiger partial charge in [0.05, 0.1) is 21.6 Å². The van der Waals surface area contributed by atoms with Crippen molar-refractivity contribution in [2.45, 2.75) is 19.6 Å². The van der Waals surface area contributed by atoms with E-state index in [1.807, 2.05) is 24.3 Å². The molecule has 2 N–H and O–H groups in total. The van der Waals surface area contributed by atoms with Crippen molar-refractivity contribution < 1.29 is 10.0 Å². The van der Waals surface area contributed by atoms with Gasteiger partial charge in [0, 0.05) is 11.5 Å². The van der Waals surface area contributed by atoms with Crippen LogP contribution in [0.5, 0.6) is 0 Å². The van der Waals surface area contributed by atoms with E-state index >= 15 is 0 Å². The maximum Gasteiger partial charge on any atom is 0.280 e. The number of aliphatic hydroxyl groups is 1. The third kappa shape index (κ3) is 2.68. The Morgan fingerprint density at radius 3 is 2.79 bits per heavy atom. The molecule has 6 heteroatoms. The molecular weight excluding hydrogens is 306 g/mol. The molecule has 24 heavy (non-hydrogen) atoms. The van der Waals surface area contributed by atoms with Gasteiger partial charge in [-0.2, -0.15) is 0 Å². The summed E-state index contributed by atoms with van der Waals surface area (Å²) in [5.41, 5.74) is 2.58. The zero-order chi connectivity index (χ0) is 17.3. The first-order chi connectivity index (χ1) is 11.5. The van der Waals surface area contributed by atoms with Crippen molar-refractivity contribution >= 4 is 33.2 Å². The number of aromatic nitrogens is 1.